The summed E-state index contributed by atoms with van der Waals surface area (Å²) < 4.78 is 29.4. The van der Waals surface area contributed by atoms with Crippen LogP contribution in [0, 0.1) is 28.2 Å². The lowest BCUT2D eigenvalue weighted by Gasteiger charge is -2.08. The van der Waals surface area contributed by atoms with Crippen LogP contribution < -0.4 is 0 Å². The zero-order valence-electron chi connectivity index (χ0n) is 11.4. The molecule has 2 aliphatic carbocycles. The van der Waals surface area contributed by atoms with Crippen molar-refractivity contribution in [3.63, 3.8) is 0 Å². The molecule has 2 fully saturated rings. The molecule has 1 N–H and O–H groups in total. The Morgan fingerprint density at radius 2 is 1.90 bits per heavy atom. The van der Waals surface area contributed by atoms with Crippen LogP contribution in [0.25, 0.3) is 5.69 Å². The summed E-state index contributed by atoms with van der Waals surface area (Å²) in [5.41, 5.74) is 0.146. The quantitative estimate of drug-likeness (QED) is 0.847. The maximum atomic E-state index is 14.1. The fourth-order valence-electron chi connectivity index (χ4n) is 3.80. The van der Waals surface area contributed by atoms with Crippen LogP contribution in [-0.4, -0.2) is 14.8 Å². The zero-order valence-corrected chi connectivity index (χ0v) is 12.2. The van der Waals surface area contributed by atoms with Crippen molar-refractivity contribution in [1.29, 1.82) is 0 Å². The maximum absolute atomic E-state index is 14.1. The summed E-state index contributed by atoms with van der Waals surface area (Å²) in [4.78, 5) is 0. The molecule has 0 saturated heterocycles. The van der Waals surface area contributed by atoms with Crippen LogP contribution in [0.3, 0.4) is 0 Å². The highest BCUT2D eigenvalue weighted by Gasteiger charge is 2.53. The van der Waals surface area contributed by atoms with Crippen molar-refractivity contribution in [3.8, 4) is 5.69 Å². The molecule has 2 aromatic rings. The molecule has 1 aromatic heterocycles. The van der Waals surface area contributed by atoms with Gasteiger partial charge in [-0.2, -0.15) is 5.10 Å². The van der Waals surface area contributed by atoms with E-state index in [1.807, 2.05) is 0 Å². The summed E-state index contributed by atoms with van der Waals surface area (Å²) in [7, 11) is 0. The average molecular weight is 307 g/mol. The van der Waals surface area contributed by atoms with Gasteiger partial charge in [-0.05, 0) is 49.0 Å². The number of fused-ring (bicyclic) bond motifs is 1. The molecule has 0 aliphatic heterocycles. The highest BCUT2D eigenvalue weighted by molar-refractivity contribution is 7.71. The van der Waals surface area contributed by atoms with Crippen LogP contribution >= 0.6 is 12.2 Å². The fraction of sp³-hybridized carbons (Fsp3) is 0.467. The second kappa shape index (κ2) is 4.73. The molecule has 1 heterocycles. The number of aromatic nitrogens is 3. The number of hydrogen-bond acceptors (Lipinski definition) is 2. The zero-order chi connectivity index (χ0) is 14.6. The Labute approximate surface area is 126 Å². The van der Waals surface area contributed by atoms with E-state index in [1.54, 1.807) is 4.57 Å². The summed E-state index contributed by atoms with van der Waals surface area (Å²) in [5.74, 6) is 1.36. The van der Waals surface area contributed by atoms with Gasteiger partial charge in [0, 0.05) is 12.0 Å². The molecular weight excluding hydrogens is 292 g/mol. The molecule has 3 nitrogen and oxygen atoms in total. The summed E-state index contributed by atoms with van der Waals surface area (Å²) in [6.45, 7) is 0. The van der Waals surface area contributed by atoms with E-state index in [4.69, 9.17) is 12.2 Å². The fourth-order valence-corrected chi connectivity index (χ4v) is 4.04. The van der Waals surface area contributed by atoms with Gasteiger partial charge in [0.2, 0.25) is 0 Å². The minimum atomic E-state index is -0.487. The smallest absolute Gasteiger partial charge is 0.199 e. The Kier molecular flexibility index (Phi) is 2.96. The second-order valence-corrected chi connectivity index (χ2v) is 6.34. The number of halogens is 2. The maximum Gasteiger partial charge on any atom is 0.199 e. The van der Waals surface area contributed by atoms with Crippen molar-refractivity contribution >= 4 is 12.2 Å². The monoisotopic (exact) mass is 307 g/mol. The third-order valence-corrected chi connectivity index (χ3v) is 5.08. The molecule has 0 radical (unpaired) electrons. The standard InChI is InChI=1S/C15H15F2N3S/c16-8-5-6-11(17)12(7-8)20-14(18-19-15(20)21)13-9-3-1-2-4-10(9)13/h5-7,9-10,13H,1-4H2,(H,19,21). The molecule has 110 valence electrons. The van der Waals surface area contributed by atoms with Gasteiger partial charge in [-0.15, -0.1) is 0 Å². The topological polar surface area (TPSA) is 33.6 Å². The molecule has 2 unspecified atom stereocenters. The number of aromatic amines is 1. The molecule has 0 amide bonds. The summed E-state index contributed by atoms with van der Waals surface area (Å²) >= 11 is 5.23. The molecule has 4 rings (SSSR count). The predicted octanol–water partition coefficient (Wildman–Crippen LogP) is 4.11. The third kappa shape index (κ3) is 2.04. The van der Waals surface area contributed by atoms with Crippen LogP contribution in [0.4, 0.5) is 8.78 Å². The normalized spacial score (nSPS) is 27.4. The van der Waals surface area contributed by atoms with Crippen LogP contribution in [-0.2, 0) is 0 Å². The van der Waals surface area contributed by atoms with Gasteiger partial charge in [0.25, 0.3) is 0 Å². The van der Waals surface area contributed by atoms with Gasteiger partial charge < -0.3 is 0 Å². The van der Waals surface area contributed by atoms with Gasteiger partial charge in [-0.25, -0.2) is 8.78 Å². The Balaban J connectivity index is 1.81. The van der Waals surface area contributed by atoms with E-state index in [9.17, 15) is 8.78 Å². The Morgan fingerprint density at radius 3 is 2.62 bits per heavy atom. The summed E-state index contributed by atoms with van der Waals surface area (Å²) in [6.07, 6.45) is 4.88. The van der Waals surface area contributed by atoms with Crippen molar-refractivity contribution in [2.24, 2.45) is 11.8 Å². The number of nitrogens with one attached hydrogen (secondary N) is 1. The van der Waals surface area contributed by atoms with Crippen molar-refractivity contribution in [2.75, 3.05) is 0 Å². The van der Waals surface area contributed by atoms with Crippen LogP contribution in [0.2, 0.25) is 0 Å². The number of nitrogens with zero attached hydrogens (tertiary/aromatic N) is 2. The van der Waals surface area contributed by atoms with Crippen molar-refractivity contribution < 1.29 is 8.78 Å². The molecule has 6 heteroatoms. The molecule has 2 atom stereocenters. The van der Waals surface area contributed by atoms with Crippen LogP contribution in [0.5, 0.6) is 0 Å². The minimum Gasteiger partial charge on any atom is -0.269 e. The number of hydrogen-bond donors (Lipinski definition) is 1. The van der Waals surface area contributed by atoms with E-state index < -0.39 is 11.6 Å². The number of H-pyrrole nitrogens is 1. The molecule has 2 saturated carbocycles. The first-order valence-corrected chi connectivity index (χ1v) is 7.70. The first-order chi connectivity index (χ1) is 10.2. The van der Waals surface area contributed by atoms with Crippen LogP contribution in [0.15, 0.2) is 18.2 Å². The number of benzene rings is 1. The van der Waals surface area contributed by atoms with Gasteiger partial charge in [0.1, 0.15) is 17.5 Å². The summed E-state index contributed by atoms with van der Waals surface area (Å²) in [5, 5.41) is 7.05. The van der Waals surface area contributed by atoms with E-state index >= 15 is 0 Å². The first kappa shape index (κ1) is 13.1. The van der Waals surface area contributed by atoms with E-state index in [0.29, 0.717) is 22.5 Å². The van der Waals surface area contributed by atoms with Crippen molar-refractivity contribution in [3.05, 3.63) is 40.4 Å². The van der Waals surface area contributed by atoms with E-state index in [0.717, 1.165) is 18.0 Å². The van der Waals surface area contributed by atoms with Gasteiger partial charge >= 0.3 is 0 Å². The van der Waals surface area contributed by atoms with Crippen LogP contribution in [0.1, 0.15) is 37.4 Å². The lowest BCUT2D eigenvalue weighted by atomic mass is 10.0. The SMILES string of the molecule is Fc1ccc(F)c(-n2c(C3C4CCCCC43)n[nH]c2=S)c1. The Bertz CT molecular complexity index is 740. The first-order valence-electron chi connectivity index (χ1n) is 7.29. The molecular formula is C15H15F2N3S. The van der Waals surface area contributed by atoms with E-state index in [1.165, 1.54) is 31.7 Å². The third-order valence-electron chi connectivity index (χ3n) is 4.80. The van der Waals surface area contributed by atoms with E-state index in [2.05, 4.69) is 10.2 Å². The average Bonchev–Trinajstić information content (AvgIpc) is 3.09. The van der Waals surface area contributed by atoms with Gasteiger partial charge in [-0.1, -0.05) is 12.8 Å². The number of rotatable bonds is 2. The lowest BCUT2D eigenvalue weighted by molar-refractivity contribution is 0.480. The molecule has 21 heavy (non-hydrogen) atoms. The van der Waals surface area contributed by atoms with Crippen molar-refractivity contribution in [2.45, 2.75) is 31.6 Å². The Morgan fingerprint density at radius 1 is 1.19 bits per heavy atom. The van der Waals surface area contributed by atoms with E-state index in [-0.39, 0.29) is 5.69 Å². The van der Waals surface area contributed by atoms with Gasteiger partial charge in [0.05, 0.1) is 5.69 Å². The predicted molar refractivity (Wildman–Crippen MR) is 76.9 cm³/mol. The second-order valence-electron chi connectivity index (χ2n) is 5.96. The van der Waals surface area contributed by atoms with Gasteiger partial charge in [-0.3, -0.25) is 9.67 Å². The minimum absolute atomic E-state index is 0.146. The molecule has 0 bridgehead atoms. The summed E-state index contributed by atoms with van der Waals surface area (Å²) in [6, 6.07) is 3.42. The molecule has 1 aromatic carbocycles. The van der Waals surface area contributed by atoms with Gasteiger partial charge in [0.15, 0.2) is 4.77 Å². The van der Waals surface area contributed by atoms with Crippen molar-refractivity contribution in [1.82, 2.24) is 14.8 Å². The molecule has 2 aliphatic rings. The highest BCUT2D eigenvalue weighted by Crippen LogP contribution is 2.60. The lowest BCUT2D eigenvalue weighted by Crippen LogP contribution is -2.04. The largest absolute Gasteiger partial charge is 0.269 e. The molecule has 0 spiro atoms. The Hall–Kier alpha value is -1.56. The highest BCUT2D eigenvalue weighted by atomic mass is 32.1.